The van der Waals surface area contributed by atoms with Gasteiger partial charge in [0.25, 0.3) is 0 Å². The van der Waals surface area contributed by atoms with E-state index in [1.54, 1.807) is 0 Å². The quantitative estimate of drug-likeness (QED) is 0.667. The second-order valence-corrected chi connectivity index (χ2v) is 6.70. The van der Waals surface area contributed by atoms with Crippen LogP contribution in [0.5, 0.6) is 0 Å². The molecule has 1 saturated carbocycles. The molecule has 1 heterocycles. The number of amides is 2. The Labute approximate surface area is 137 Å². The van der Waals surface area contributed by atoms with Gasteiger partial charge in [-0.3, -0.25) is 0 Å². The Morgan fingerprint density at radius 3 is 2.70 bits per heavy atom. The SMILES string of the molecule is CC(C)c1noc(CCCNC(=O)NCC2(O)CCCCC2)n1. The largest absolute Gasteiger partial charge is 0.388 e. The molecule has 0 saturated heterocycles. The smallest absolute Gasteiger partial charge is 0.314 e. The van der Waals surface area contributed by atoms with E-state index in [9.17, 15) is 9.90 Å². The van der Waals surface area contributed by atoms with Crippen molar-refractivity contribution in [3.63, 3.8) is 0 Å². The van der Waals surface area contributed by atoms with Crippen molar-refractivity contribution >= 4 is 6.03 Å². The molecule has 0 unspecified atom stereocenters. The standard InChI is InChI=1S/C16H28N4O3/c1-12(2)14-19-13(23-20-14)7-6-10-17-15(21)18-11-16(22)8-4-3-5-9-16/h12,22H,3-11H2,1-2H3,(H2,17,18,21). The molecule has 1 fully saturated rings. The maximum atomic E-state index is 11.7. The first kappa shape index (κ1) is 17.7. The number of nitrogens with zero attached hydrogens (tertiary/aromatic N) is 2. The summed E-state index contributed by atoms with van der Waals surface area (Å²) in [5.74, 6) is 1.57. The van der Waals surface area contributed by atoms with E-state index in [1.165, 1.54) is 6.42 Å². The first-order valence-electron chi connectivity index (χ1n) is 8.55. The lowest BCUT2D eigenvalue weighted by Gasteiger charge is -2.32. The highest BCUT2D eigenvalue weighted by atomic mass is 16.5. The summed E-state index contributed by atoms with van der Waals surface area (Å²) in [5, 5.41) is 19.8. The van der Waals surface area contributed by atoms with Gasteiger partial charge in [-0.05, 0) is 19.3 Å². The molecule has 1 aromatic heterocycles. The number of hydrogen-bond donors (Lipinski definition) is 3. The molecule has 0 spiro atoms. The van der Waals surface area contributed by atoms with Crippen LogP contribution in [0.4, 0.5) is 4.79 Å². The lowest BCUT2D eigenvalue weighted by molar-refractivity contribution is 0.00720. The van der Waals surface area contributed by atoms with Gasteiger partial charge in [-0.15, -0.1) is 0 Å². The monoisotopic (exact) mass is 324 g/mol. The summed E-state index contributed by atoms with van der Waals surface area (Å²) in [4.78, 5) is 16.0. The molecule has 7 nitrogen and oxygen atoms in total. The Kier molecular flexibility index (Phi) is 6.38. The van der Waals surface area contributed by atoms with Crippen LogP contribution in [0, 0.1) is 0 Å². The highest BCUT2D eigenvalue weighted by Gasteiger charge is 2.29. The van der Waals surface area contributed by atoms with Gasteiger partial charge in [-0.2, -0.15) is 4.98 Å². The third kappa shape index (κ3) is 5.82. The van der Waals surface area contributed by atoms with Crippen LogP contribution in [0.25, 0.3) is 0 Å². The molecular weight excluding hydrogens is 296 g/mol. The van der Waals surface area contributed by atoms with Crippen molar-refractivity contribution in [3.8, 4) is 0 Å². The molecule has 1 aliphatic rings. The van der Waals surface area contributed by atoms with Gasteiger partial charge in [-0.1, -0.05) is 38.3 Å². The van der Waals surface area contributed by atoms with Crippen LogP contribution in [-0.2, 0) is 6.42 Å². The molecule has 0 bridgehead atoms. The molecule has 3 N–H and O–H groups in total. The van der Waals surface area contributed by atoms with Crippen molar-refractivity contribution < 1.29 is 14.4 Å². The fourth-order valence-electron chi connectivity index (χ4n) is 2.74. The van der Waals surface area contributed by atoms with Crippen molar-refractivity contribution in [2.75, 3.05) is 13.1 Å². The van der Waals surface area contributed by atoms with E-state index >= 15 is 0 Å². The number of aliphatic hydroxyl groups is 1. The zero-order valence-corrected chi connectivity index (χ0v) is 14.1. The van der Waals surface area contributed by atoms with E-state index in [-0.39, 0.29) is 11.9 Å². The third-order valence-corrected chi connectivity index (χ3v) is 4.22. The molecule has 0 radical (unpaired) electrons. The molecule has 23 heavy (non-hydrogen) atoms. The maximum Gasteiger partial charge on any atom is 0.314 e. The molecule has 1 aliphatic carbocycles. The summed E-state index contributed by atoms with van der Waals surface area (Å²) in [5.41, 5.74) is -0.730. The second kappa shape index (κ2) is 8.29. The summed E-state index contributed by atoms with van der Waals surface area (Å²) in [6.07, 6.45) is 6.14. The molecule has 0 aromatic carbocycles. The summed E-state index contributed by atoms with van der Waals surface area (Å²) in [6.45, 7) is 4.88. The molecular formula is C16H28N4O3. The highest BCUT2D eigenvalue weighted by molar-refractivity contribution is 5.73. The topological polar surface area (TPSA) is 100 Å². The number of aromatic nitrogens is 2. The van der Waals surface area contributed by atoms with Gasteiger partial charge < -0.3 is 20.3 Å². The maximum absolute atomic E-state index is 11.7. The lowest BCUT2D eigenvalue weighted by Crippen LogP contribution is -2.47. The Hall–Kier alpha value is -1.63. The number of rotatable bonds is 7. The minimum atomic E-state index is -0.730. The molecule has 1 aromatic rings. The van der Waals surface area contributed by atoms with Crippen LogP contribution < -0.4 is 10.6 Å². The van der Waals surface area contributed by atoms with E-state index < -0.39 is 5.60 Å². The van der Waals surface area contributed by atoms with E-state index in [0.717, 1.165) is 32.1 Å². The summed E-state index contributed by atoms with van der Waals surface area (Å²) in [7, 11) is 0. The molecule has 130 valence electrons. The van der Waals surface area contributed by atoms with Gasteiger partial charge in [0, 0.05) is 25.4 Å². The van der Waals surface area contributed by atoms with E-state index in [2.05, 4.69) is 20.8 Å². The van der Waals surface area contributed by atoms with Crippen LogP contribution in [0.1, 0.15) is 70.0 Å². The second-order valence-electron chi connectivity index (χ2n) is 6.70. The Bertz CT molecular complexity index is 495. The fraction of sp³-hybridized carbons (Fsp3) is 0.812. The zero-order chi connectivity index (χ0) is 16.7. The van der Waals surface area contributed by atoms with E-state index in [0.29, 0.717) is 31.2 Å². The van der Waals surface area contributed by atoms with Crippen molar-refractivity contribution in [1.82, 2.24) is 20.8 Å². The van der Waals surface area contributed by atoms with Gasteiger partial charge >= 0.3 is 6.03 Å². The average molecular weight is 324 g/mol. The van der Waals surface area contributed by atoms with Crippen LogP contribution in [-0.4, -0.2) is 40.0 Å². The van der Waals surface area contributed by atoms with Gasteiger partial charge in [0.2, 0.25) is 5.89 Å². The van der Waals surface area contributed by atoms with Crippen LogP contribution in [0.3, 0.4) is 0 Å². The predicted molar refractivity (Wildman–Crippen MR) is 86.1 cm³/mol. The van der Waals surface area contributed by atoms with Crippen molar-refractivity contribution in [2.45, 2.75) is 70.3 Å². The number of hydrogen-bond acceptors (Lipinski definition) is 5. The minimum absolute atomic E-state index is 0.239. The van der Waals surface area contributed by atoms with Crippen LogP contribution >= 0.6 is 0 Å². The summed E-state index contributed by atoms with van der Waals surface area (Å²) >= 11 is 0. The predicted octanol–water partition coefficient (Wildman–Crippen LogP) is 2.12. The molecule has 0 atom stereocenters. The zero-order valence-electron chi connectivity index (χ0n) is 14.1. The first-order chi connectivity index (χ1) is 11.0. The number of carbonyl (C=O) groups excluding carboxylic acids is 1. The fourth-order valence-corrected chi connectivity index (χ4v) is 2.74. The average Bonchev–Trinajstić information content (AvgIpc) is 3.00. The Balaban J connectivity index is 1.59. The Morgan fingerprint density at radius 1 is 1.30 bits per heavy atom. The van der Waals surface area contributed by atoms with Gasteiger partial charge in [0.15, 0.2) is 5.82 Å². The number of aryl methyl sites for hydroxylation is 1. The summed E-state index contributed by atoms with van der Waals surface area (Å²) < 4.78 is 5.15. The van der Waals surface area contributed by atoms with E-state index in [1.807, 2.05) is 13.8 Å². The van der Waals surface area contributed by atoms with Crippen LogP contribution in [0.2, 0.25) is 0 Å². The lowest BCUT2D eigenvalue weighted by atomic mass is 9.85. The minimum Gasteiger partial charge on any atom is -0.388 e. The van der Waals surface area contributed by atoms with Gasteiger partial charge in [0.05, 0.1) is 5.60 Å². The molecule has 2 amide bonds. The van der Waals surface area contributed by atoms with E-state index in [4.69, 9.17) is 4.52 Å². The van der Waals surface area contributed by atoms with Crippen molar-refractivity contribution in [1.29, 1.82) is 0 Å². The Morgan fingerprint density at radius 2 is 2.04 bits per heavy atom. The molecule has 0 aliphatic heterocycles. The van der Waals surface area contributed by atoms with Crippen molar-refractivity contribution in [3.05, 3.63) is 11.7 Å². The van der Waals surface area contributed by atoms with Gasteiger partial charge in [0.1, 0.15) is 0 Å². The molecule has 2 rings (SSSR count). The van der Waals surface area contributed by atoms with Crippen molar-refractivity contribution in [2.24, 2.45) is 0 Å². The molecule has 7 heteroatoms. The highest BCUT2D eigenvalue weighted by Crippen LogP contribution is 2.27. The third-order valence-electron chi connectivity index (χ3n) is 4.22. The normalized spacial score (nSPS) is 17.2. The number of urea groups is 1. The van der Waals surface area contributed by atoms with Gasteiger partial charge in [-0.25, -0.2) is 4.79 Å². The summed E-state index contributed by atoms with van der Waals surface area (Å²) in [6, 6.07) is -0.239. The number of carbonyl (C=O) groups is 1. The van der Waals surface area contributed by atoms with Crippen LogP contribution in [0.15, 0.2) is 4.52 Å². The first-order valence-corrected chi connectivity index (χ1v) is 8.55. The number of nitrogens with one attached hydrogen (secondary N) is 2.